The largest absolute Gasteiger partial charge is 0.454 e. The van der Waals surface area contributed by atoms with Crippen LogP contribution in [0.2, 0.25) is 0 Å². The number of nitrogens with zero attached hydrogens (tertiary/aromatic N) is 1. The van der Waals surface area contributed by atoms with Gasteiger partial charge in [-0.3, -0.25) is 0 Å². The maximum atomic E-state index is 14.1. The molecule has 0 aliphatic rings. The Morgan fingerprint density at radius 3 is 2.52 bits per heavy atom. The molecule has 0 unspecified atom stereocenters. The molecule has 4 heteroatoms. The van der Waals surface area contributed by atoms with Gasteiger partial charge in [-0.1, -0.05) is 32.9 Å². The van der Waals surface area contributed by atoms with E-state index in [1.807, 2.05) is 24.3 Å². The highest BCUT2D eigenvalue weighted by Gasteiger charge is 2.16. The molecule has 0 amide bonds. The van der Waals surface area contributed by atoms with Crippen LogP contribution in [0.4, 0.5) is 4.39 Å². The minimum absolute atomic E-state index is 0.0108. The van der Waals surface area contributed by atoms with Crippen molar-refractivity contribution in [2.45, 2.75) is 26.2 Å². The van der Waals surface area contributed by atoms with Gasteiger partial charge in [0, 0.05) is 0 Å². The average molecular weight is 348 g/mol. The third kappa shape index (κ3) is 3.43. The van der Waals surface area contributed by atoms with E-state index in [9.17, 15) is 4.39 Å². The minimum atomic E-state index is -0.574. The van der Waals surface area contributed by atoms with Gasteiger partial charge in [-0.2, -0.15) is 5.26 Å². The standard InChI is InChI=1S/C17H15BrFNO/c1-17(2,3)12-5-4-6-13(9-12)21-14-8-7-11(10-20)15(18)16(14)19/h4-9H,1-3H3. The van der Waals surface area contributed by atoms with Gasteiger partial charge < -0.3 is 4.74 Å². The first-order chi connectivity index (χ1) is 9.82. The Balaban J connectivity index is 2.36. The molecule has 0 atom stereocenters. The van der Waals surface area contributed by atoms with Gasteiger partial charge in [0.25, 0.3) is 0 Å². The molecule has 0 N–H and O–H groups in total. The van der Waals surface area contributed by atoms with Crippen LogP contribution < -0.4 is 4.74 Å². The molecule has 0 radical (unpaired) electrons. The van der Waals surface area contributed by atoms with Crippen LogP contribution in [0.1, 0.15) is 31.9 Å². The fourth-order valence-corrected chi connectivity index (χ4v) is 2.27. The molecule has 0 spiro atoms. The second-order valence-corrected chi connectivity index (χ2v) is 6.52. The van der Waals surface area contributed by atoms with Gasteiger partial charge in [0.1, 0.15) is 11.8 Å². The summed E-state index contributed by atoms with van der Waals surface area (Å²) in [6, 6.07) is 12.5. The van der Waals surface area contributed by atoms with E-state index < -0.39 is 5.82 Å². The summed E-state index contributed by atoms with van der Waals surface area (Å²) in [6.45, 7) is 6.31. The van der Waals surface area contributed by atoms with Gasteiger partial charge >= 0.3 is 0 Å². The van der Waals surface area contributed by atoms with Crippen LogP contribution in [0.3, 0.4) is 0 Å². The van der Waals surface area contributed by atoms with Crippen LogP contribution in [0, 0.1) is 17.1 Å². The van der Waals surface area contributed by atoms with Crippen LogP contribution in [0.15, 0.2) is 40.9 Å². The van der Waals surface area contributed by atoms with Crippen molar-refractivity contribution in [1.82, 2.24) is 0 Å². The lowest BCUT2D eigenvalue weighted by Crippen LogP contribution is -2.10. The first kappa shape index (κ1) is 15.5. The van der Waals surface area contributed by atoms with Crippen molar-refractivity contribution in [1.29, 1.82) is 5.26 Å². The van der Waals surface area contributed by atoms with Gasteiger partial charge in [0.2, 0.25) is 0 Å². The zero-order chi connectivity index (χ0) is 15.6. The molecule has 0 aromatic heterocycles. The van der Waals surface area contributed by atoms with E-state index in [1.54, 1.807) is 6.07 Å². The summed E-state index contributed by atoms with van der Waals surface area (Å²) in [5.74, 6) is 0.0834. The number of nitriles is 1. The Hall–Kier alpha value is -1.86. The van der Waals surface area contributed by atoms with Crippen molar-refractivity contribution < 1.29 is 9.13 Å². The van der Waals surface area contributed by atoms with E-state index in [2.05, 4.69) is 36.7 Å². The topological polar surface area (TPSA) is 33.0 Å². The Bertz CT molecular complexity index is 714. The highest BCUT2D eigenvalue weighted by Crippen LogP contribution is 2.33. The van der Waals surface area contributed by atoms with Gasteiger partial charge in [0.15, 0.2) is 11.6 Å². The van der Waals surface area contributed by atoms with Crippen LogP contribution in [0.5, 0.6) is 11.5 Å². The van der Waals surface area contributed by atoms with Gasteiger partial charge in [-0.05, 0) is 51.2 Å². The molecule has 0 saturated heterocycles. The van der Waals surface area contributed by atoms with E-state index in [0.29, 0.717) is 5.75 Å². The molecule has 0 fully saturated rings. The number of hydrogen-bond acceptors (Lipinski definition) is 2. The molecule has 0 saturated carbocycles. The van der Waals surface area contributed by atoms with Crippen LogP contribution in [-0.4, -0.2) is 0 Å². The second kappa shape index (κ2) is 5.87. The third-order valence-electron chi connectivity index (χ3n) is 3.10. The Kier molecular flexibility index (Phi) is 4.34. The summed E-state index contributed by atoms with van der Waals surface area (Å²) in [5.41, 5.74) is 1.33. The molecule has 21 heavy (non-hydrogen) atoms. The maximum absolute atomic E-state index is 14.1. The lowest BCUT2D eigenvalue weighted by atomic mass is 9.87. The Morgan fingerprint density at radius 1 is 1.19 bits per heavy atom. The molecule has 2 aromatic rings. The molecule has 108 valence electrons. The van der Waals surface area contributed by atoms with Crippen molar-refractivity contribution in [2.75, 3.05) is 0 Å². The van der Waals surface area contributed by atoms with E-state index in [4.69, 9.17) is 10.00 Å². The normalized spacial score (nSPS) is 11.0. The van der Waals surface area contributed by atoms with E-state index in [-0.39, 0.29) is 21.2 Å². The molecular weight excluding hydrogens is 333 g/mol. The summed E-state index contributed by atoms with van der Waals surface area (Å²) in [7, 11) is 0. The zero-order valence-electron chi connectivity index (χ0n) is 12.1. The molecule has 0 heterocycles. The number of benzene rings is 2. The second-order valence-electron chi connectivity index (χ2n) is 5.73. The van der Waals surface area contributed by atoms with E-state index in [0.717, 1.165) is 5.56 Å². The van der Waals surface area contributed by atoms with Crippen LogP contribution >= 0.6 is 15.9 Å². The zero-order valence-corrected chi connectivity index (χ0v) is 13.7. The Labute approximate surface area is 132 Å². The molecule has 0 bridgehead atoms. The SMILES string of the molecule is CC(C)(C)c1cccc(Oc2ccc(C#N)c(Br)c2F)c1. The fourth-order valence-electron chi connectivity index (χ4n) is 1.85. The predicted molar refractivity (Wildman–Crippen MR) is 84.0 cm³/mol. The molecular formula is C17H15BrFNO. The van der Waals surface area contributed by atoms with Gasteiger partial charge in [0.05, 0.1) is 10.0 Å². The van der Waals surface area contributed by atoms with Crippen molar-refractivity contribution in [3.05, 3.63) is 57.8 Å². The van der Waals surface area contributed by atoms with Crippen LogP contribution in [0.25, 0.3) is 0 Å². The molecule has 0 aliphatic carbocycles. The number of rotatable bonds is 2. The van der Waals surface area contributed by atoms with Gasteiger partial charge in [-0.25, -0.2) is 4.39 Å². The maximum Gasteiger partial charge on any atom is 0.181 e. The van der Waals surface area contributed by atoms with Crippen molar-refractivity contribution >= 4 is 15.9 Å². The summed E-state index contributed by atoms with van der Waals surface area (Å²) in [6.07, 6.45) is 0. The fraction of sp³-hybridized carbons (Fsp3) is 0.235. The van der Waals surface area contributed by atoms with Crippen LogP contribution in [-0.2, 0) is 5.41 Å². The monoisotopic (exact) mass is 347 g/mol. The third-order valence-corrected chi connectivity index (χ3v) is 3.87. The van der Waals surface area contributed by atoms with Crippen molar-refractivity contribution in [3.63, 3.8) is 0 Å². The minimum Gasteiger partial charge on any atom is -0.454 e. The van der Waals surface area contributed by atoms with Crippen molar-refractivity contribution in [2.24, 2.45) is 0 Å². The smallest absolute Gasteiger partial charge is 0.181 e. The molecule has 2 rings (SSSR count). The molecule has 0 aliphatic heterocycles. The summed E-state index contributed by atoms with van der Waals surface area (Å²) < 4.78 is 19.9. The summed E-state index contributed by atoms with van der Waals surface area (Å²) in [5, 5.41) is 8.86. The first-order valence-electron chi connectivity index (χ1n) is 6.49. The summed E-state index contributed by atoms with van der Waals surface area (Å²) in [4.78, 5) is 0. The number of hydrogen-bond donors (Lipinski definition) is 0. The lowest BCUT2D eigenvalue weighted by Gasteiger charge is -2.19. The number of halogens is 2. The van der Waals surface area contributed by atoms with E-state index >= 15 is 0 Å². The highest BCUT2D eigenvalue weighted by molar-refractivity contribution is 9.10. The quantitative estimate of drug-likeness (QED) is 0.713. The average Bonchev–Trinajstić information content (AvgIpc) is 2.44. The van der Waals surface area contributed by atoms with E-state index in [1.165, 1.54) is 12.1 Å². The molecule has 2 nitrogen and oxygen atoms in total. The van der Waals surface area contributed by atoms with Gasteiger partial charge in [-0.15, -0.1) is 0 Å². The molecule has 2 aromatic carbocycles. The lowest BCUT2D eigenvalue weighted by molar-refractivity contribution is 0.438. The number of ether oxygens (including phenoxy) is 1. The summed E-state index contributed by atoms with van der Waals surface area (Å²) >= 11 is 3.07. The first-order valence-corrected chi connectivity index (χ1v) is 7.28. The van der Waals surface area contributed by atoms with Crippen molar-refractivity contribution in [3.8, 4) is 17.6 Å². The Morgan fingerprint density at radius 2 is 1.90 bits per heavy atom. The predicted octanol–water partition coefficient (Wildman–Crippen LogP) is 5.55. The highest BCUT2D eigenvalue weighted by atomic mass is 79.9.